The van der Waals surface area contributed by atoms with Crippen LogP contribution in [-0.2, 0) is 6.18 Å². The number of ketones is 1. The number of carbonyl (C=O) groups is 1. The Hall–Kier alpha value is -2.09. The molecule has 2 aromatic rings. The predicted octanol–water partition coefficient (Wildman–Crippen LogP) is 3.46. The number of aromatic amines is 1. The molecule has 0 aliphatic rings. The first-order valence-corrected chi connectivity index (χ1v) is 7.51. The van der Waals surface area contributed by atoms with Crippen LogP contribution in [0.5, 0.6) is 0 Å². The summed E-state index contributed by atoms with van der Waals surface area (Å²) in [5.74, 6) is -0.255. The Morgan fingerprint density at radius 2 is 1.87 bits per heavy atom. The first-order valence-electron chi connectivity index (χ1n) is 6.63. The zero-order chi connectivity index (χ0) is 17.2. The third-order valence-corrected chi connectivity index (χ3v) is 3.99. The maximum atomic E-state index is 12.7. The maximum absolute atomic E-state index is 12.7. The molecule has 0 aliphatic heterocycles. The van der Waals surface area contributed by atoms with Crippen molar-refractivity contribution in [1.29, 1.82) is 0 Å². The van der Waals surface area contributed by atoms with Crippen LogP contribution in [0.15, 0.2) is 40.3 Å². The van der Waals surface area contributed by atoms with Crippen LogP contribution in [0.25, 0.3) is 0 Å². The molecule has 4 nitrogen and oxygen atoms in total. The van der Waals surface area contributed by atoms with E-state index in [1.165, 1.54) is 0 Å². The van der Waals surface area contributed by atoms with E-state index in [4.69, 9.17) is 0 Å². The molecular weight excluding hydrogens is 329 g/mol. The third kappa shape index (κ3) is 4.44. The van der Waals surface area contributed by atoms with Crippen molar-refractivity contribution < 1.29 is 18.0 Å². The van der Waals surface area contributed by atoms with Crippen LogP contribution in [0.4, 0.5) is 13.2 Å². The van der Waals surface area contributed by atoms with Crippen LogP contribution in [0, 0.1) is 6.92 Å². The van der Waals surface area contributed by atoms with Gasteiger partial charge in [-0.2, -0.15) is 13.2 Å². The third-order valence-electron chi connectivity index (χ3n) is 3.00. The molecule has 122 valence electrons. The molecule has 2 rings (SSSR count). The highest BCUT2D eigenvalue weighted by Gasteiger charge is 2.33. The van der Waals surface area contributed by atoms with E-state index < -0.39 is 22.7 Å². The fourth-order valence-corrected chi connectivity index (χ4v) is 2.70. The molecule has 0 saturated carbocycles. The Morgan fingerprint density at radius 3 is 2.43 bits per heavy atom. The van der Waals surface area contributed by atoms with Crippen molar-refractivity contribution in [2.75, 3.05) is 0 Å². The van der Waals surface area contributed by atoms with E-state index >= 15 is 0 Å². The van der Waals surface area contributed by atoms with Crippen LogP contribution in [0.3, 0.4) is 0 Å². The van der Waals surface area contributed by atoms with Crippen LogP contribution in [-0.4, -0.2) is 21.0 Å². The molecule has 0 amide bonds. The summed E-state index contributed by atoms with van der Waals surface area (Å²) in [6.45, 7) is 3.43. The van der Waals surface area contributed by atoms with E-state index in [2.05, 4.69) is 9.97 Å². The zero-order valence-electron chi connectivity index (χ0n) is 12.3. The predicted molar refractivity (Wildman–Crippen MR) is 80.7 cm³/mol. The van der Waals surface area contributed by atoms with Crippen LogP contribution in [0.2, 0.25) is 0 Å². The summed E-state index contributed by atoms with van der Waals surface area (Å²) >= 11 is 0.779. The van der Waals surface area contributed by atoms with Gasteiger partial charge in [-0.3, -0.25) is 9.59 Å². The second-order valence-electron chi connectivity index (χ2n) is 4.92. The number of H-pyrrole nitrogens is 1. The van der Waals surface area contributed by atoms with Gasteiger partial charge < -0.3 is 4.98 Å². The zero-order valence-corrected chi connectivity index (χ0v) is 13.1. The number of nitrogens with zero attached hydrogens (tertiary/aromatic N) is 1. The van der Waals surface area contributed by atoms with Gasteiger partial charge in [-0.1, -0.05) is 41.6 Å². The molecule has 1 N–H and O–H groups in total. The van der Waals surface area contributed by atoms with Gasteiger partial charge in [0.15, 0.2) is 16.6 Å². The number of hydrogen-bond donors (Lipinski definition) is 1. The number of rotatable bonds is 4. The standard InChI is InChI=1S/C15H13F3N2O2S/c1-8-3-5-10(6-4-8)13(22)9(2)23-14-19-11(15(16,17)18)7-12(21)20-14/h3-7,9H,1-2H3,(H,19,20,21). The average Bonchev–Trinajstić information content (AvgIpc) is 2.45. The number of halogens is 3. The number of alkyl halides is 3. The van der Waals surface area contributed by atoms with Crippen molar-refractivity contribution >= 4 is 17.5 Å². The molecule has 1 unspecified atom stereocenters. The molecule has 0 aliphatic carbocycles. The largest absolute Gasteiger partial charge is 0.433 e. The van der Waals surface area contributed by atoms with Gasteiger partial charge in [0.25, 0.3) is 5.56 Å². The lowest BCUT2D eigenvalue weighted by Gasteiger charge is -2.11. The van der Waals surface area contributed by atoms with Gasteiger partial charge in [0.2, 0.25) is 0 Å². The summed E-state index contributed by atoms with van der Waals surface area (Å²) in [6.07, 6.45) is -4.71. The van der Waals surface area contributed by atoms with E-state index in [0.29, 0.717) is 11.6 Å². The number of aromatic nitrogens is 2. The quantitative estimate of drug-likeness (QED) is 0.525. The topological polar surface area (TPSA) is 62.8 Å². The second-order valence-corrected chi connectivity index (χ2v) is 6.25. The molecule has 8 heteroatoms. The molecule has 1 aromatic carbocycles. The number of benzene rings is 1. The van der Waals surface area contributed by atoms with Crippen molar-refractivity contribution in [3.8, 4) is 0 Å². The summed E-state index contributed by atoms with van der Waals surface area (Å²) in [7, 11) is 0. The van der Waals surface area contributed by atoms with Crippen molar-refractivity contribution in [3.63, 3.8) is 0 Å². The Kier molecular flexibility index (Phi) is 4.93. The molecule has 0 fully saturated rings. The van der Waals surface area contributed by atoms with Gasteiger partial charge in [0, 0.05) is 11.6 Å². The Morgan fingerprint density at radius 1 is 1.26 bits per heavy atom. The number of nitrogens with one attached hydrogen (secondary N) is 1. The first-order chi connectivity index (χ1) is 10.7. The Labute approximate surface area is 134 Å². The Bertz CT molecular complexity index is 770. The molecule has 1 heterocycles. The number of hydrogen-bond acceptors (Lipinski definition) is 4. The lowest BCUT2D eigenvalue weighted by Crippen LogP contribution is -2.19. The molecule has 1 aromatic heterocycles. The molecule has 0 bridgehead atoms. The van der Waals surface area contributed by atoms with Gasteiger partial charge >= 0.3 is 6.18 Å². The number of Topliss-reactive ketones (excluding diaryl/α,β-unsaturated/α-hetero) is 1. The van der Waals surface area contributed by atoms with Gasteiger partial charge in [0.1, 0.15) is 0 Å². The first kappa shape index (κ1) is 17.3. The van der Waals surface area contributed by atoms with Gasteiger partial charge in [-0.05, 0) is 13.8 Å². The molecule has 0 saturated heterocycles. The molecule has 23 heavy (non-hydrogen) atoms. The van der Waals surface area contributed by atoms with Crippen molar-refractivity contribution in [1.82, 2.24) is 9.97 Å². The maximum Gasteiger partial charge on any atom is 0.433 e. The summed E-state index contributed by atoms with van der Waals surface area (Å²) in [5, 5.41) is -0.929. The summed E-state index contributed by atoms with van der Waals surface area (Å²) in [6, 6.07) is 7.23. The van der Waals surface area contributed by atoms with Crippen molar-refractivity contribution in [2.45, 2.75) is 30.4 Å². The number of thioether (sulfide) groups is 1. The van der Waals surface area contributed by atoms with Gasteiger partial charge in [-0.25, -0.2) is 4.98 Å². The monoisotopic (exact) mass is 342 g/mol. The van der Waals surface area contributed by atoms with E-state index in [1.54, 1.807) is 31.2 Å². The minimum absolute atomic E-state index is 0.238. The normalized spacial score (nSPS) is 12.9. The summed E-state index contributed by atoms with van der Waals surface area (Å²) < 4.78 is 38.0. The van der Waals surface area contributed by atoms with Crippen LogP contribution >= 0.6 is 11.8 Å². The van der Waals surface area contributed by atoms with Gasteiger partial charge in [-0.15, -0.1) is 0 Å². The lowest BCUT2D eigenvalue weighted by molar-refractivity contribution is -0.141. The highest BCUT2D eigenvalue weighted by molar-refractivity contribution is 8.00. The lowest BCUT2D eigenvalue weighted by atomic mass is 10.1. The van der Waals surface area contributed by atoms with Crippen LogP contribution in [0.1, 0.15) is 28.5 Å². The minimum Gasteiger partial charge on any atom is -0.301 e. The van der Waals surface area contributed by atoms with E-state index in [0.717, 1.165) is 17.3 Å². The minimum atomic E-state index is -4.71. The van der Waals surface area contributed by atoms with E-state index in [9.17, 15) is 22.8 Å². The SMILES string of the molecule is Cc1ccc(C(=O)C(C)Sc2nc(C(F)(F)F)cc(=O)[nH]2)cc1. The van der Waals surface area contributed by atoms with E-state index in [1.807, 2.05) is 6.92 Å². The molecule has 0 radical (unpaired) electrons. The fourth-order valence-electron chi connectivity index (χ4n) is 1.81. The molecule has 1 atom stereocenters. The molecular formula is C15H13F3N2O2S. The van der Waals surface area contributed by atoms with Gasteiger partial charge in [0.05, 0.1) is 5.25 Å². The van der Waals surface area contributed by atoms with Crippen LogP contribution < -0.4 is 5.56 Å². The summed E-state index contributed by atoms with van der Waals surface area (Å²) in [4.78, 5) is 29.2. The highest BCUT2D eigenvalue weighted by atomic mass is 32.2. The number of carbonyl (C=O) groups excluding carboxylic acids is 1. The second kappa shape index (κ2) is 6.57. The average molecular weight is 342 g/mol. The Balaban J connectivity index is 2.21. The smallest absolute Gasteiger partial charge is 0.301 e. The fraction of sp³-hybridized carbons (Fsp3) is 0.267. The van der Waals surface area contributed by atoms with Crippen molar-refractivity contribution in [3.05, 3.63) is 57.5 Å². The van der Waals surface area contributed by atoms with Crippen molar-refractivity contribution in [2.24, 2.45) is 0 Å². The highest BCUT2D eigenvalue weighted by Crippen LogP contribution is 2.29. The molecule has 0 spiro atoms. The van der Waals surface area contributed by atoms with E-state index in [-0.39, 0.29) is 10.9 Å². The summed E-state index contributed by atoms with van der Waals surface area (Å²) in [5.41, 5.74) is -0.751. The number of aryl methyl sites for hydroxylation is 1.